The molecule has 1 aromatic carbocycles. The fourth-order valence-electron chi connectivity index (χ4n) is 3.92. The van der Waals surface area contributed by atoms with Gasteiger partial charge in [0.1, 0.15) is 5.78 Å². The molecule has 29 heavy (non-hydrogen) atoms. The van der Waals surface area contributed by atoms with Crippen molar-refractivity contribution in [3.05, 3.63) is 63.7 Å². The molecular formula is C22H19BrN4O2. The first kappa shape index (κ1) is 19.5. The molecule has 0 radical (unpaired) electrons. The van der Waals surface area contributed by atoms with Gasteiger partial charge < -0.3 is 4.57 Å². The van der Waals surface area contributed by atoms with Crippen molar-refractivity contribution in [1.82, 2.24) is 14.5 Å². The molecule has 1 aliphatic heterocycles. The van der Waals surface area contributed by atoms with E-state index in [1.165, 1.54) is 0 Å². The number of nitrogens with zero attached hydrogens (tertiary/aromatic N) is 4. The van der Waals surface area contributed by atoms with Crippen LogP contribution in [0.4, 0.5) is 5.69 Å². The summed E-state index contributed by atoms with van der Waals surface area (Å²) in [5, 5.41) is 0. The lowest BCUT2D eigenvalue weighted by molar-refractivity contribution is -0.121. The van der Waals surface area contributed by atoms with Gasteiger partial charge in [0.15, 0.2) is 11.5 Å². The molecule has 7 heteroatoms. The number of carbonyl (C=O) groups is 2. The van der Waals surface area contributed by atoms with E-state index in [4.69, 9.17) is 6.57 Å². The number of fused-ring (bicyclic) bond motifs is 1. The average molecular weight is 451 g/mol. The topological polar surface area (TPSA) is 59.6 Å². The predicted molar refractivity (Wildman–Crippen MR) is 115 cm³/mol. The first-order valence-electron chi connectivity index (χ1n) is 9.39. The smallest absolute Gasteiger partial charge is 0.187 e. The van der Waals surface area contributed by atoms with E-state index in [0.29, 0.717) is 29.7 Å². The predicted octanol–water partition coefficient (Wildman–Crippen LogP) is 4.49. The van der Waals surface area contributed by atoms with E-state index in [9.17, 15) is 9.59 Å². The fourth-order valence-corrected chi connectivity index (χ4v) is 4.24. The lowest BCUT2D eigenvalue weighted by Crippen LogP contribution is -2.39. The van der Waals surface area contributed by atoms with Crippen LogP contribution in [0.25, 0.3) is 21.6 Å². The Morgan fingerprint density at radius 1 is 1.31 bits per heavy atom. The van der Waals surface area contributed by atoms with E-state index in [0.717, 1.165) is 34.3 Å². The number of halogens is 1. The van der Waals surface area contributed by atoms with Crippen LogP contribution in [-0.2, 0) is 4.79 Å². The highest BCUT2D eigenvalue weighted by atomic mass is 79.9. The van der Waals surface area contributed by atoms with Gasteiger partial charge in [0.2, 0.25) is 0 Å². The maximum absolute atomic E-state index is 13.2. The minimum absolute atomic E-state index is 0.0337. The van der Waals surface area contributed by atoms with E-state index in [2.05, 4.69) is 25.8 Å². The number of carbonyl (C=O) groups excluding carboxylic acids is 2. The number of rotatable bonds is 4. The van der Waals surface area contributed by atoms with Crippen molar-refractivity contribution in [1.29, 1.82) is 0 Å². The number of likely N-dealkylation sites (tertiary alicyclic amines) is 1. The molecule has 0 unspecified atom stereocenters. The van der Waals surface area contributed by atoms with Crippen LogP contribution in [0, 0.1) is 13.5 Å². The minimum atomic E-state index is -0.0337. The second-order valence-corrected chi connectivity index (χ2v) is 8.14. The van der Waals surface area contributed by atoms with Gasteiger partial charge in [0.05, 0.1) is 36.3 Å². The number of pyridine rings is 1. The molecule has 1 saturated heterocycles. The molecule has 0 spiro atoms. The van der Waals surface area contributed by atoms with Crippen molar-refractivity contribution in [3.8, 4) is 5.69 Å². The third kappa shape index (κ3) is 3.74. The summed E-state index contributed by atoms with van der Waals surface area (Å²) in [5.74, 6) is 0.152. The molecule has 2 aromatic heterocycles. The Hall–Kier alpha value is -2.82. The van der Waals surface area contributed by atoms with Gasteiger partial charge in [0, 0.05) is 28.5 Å². The summed E-state index contributed by atoms with van der Waals surface area (Å²) in [7, 11) is 0. The fraction of sp³-hybridized carbons (Fsp3) is 0.273. The summed E-state index contributed by atoms with van der Waals surface area (Å²) >= 11 is 3.47. The number of hydrogen-bond acceptors (Lipinski definition) is 4. The van der Waals surface area contributed by atoms with Crippen LogP contribution in [0.2, 0.25) is 0 Å². The molecule has 0 atom stereocenters. The molecule has 1 aliphatic rings. The number of aromatic nitrogens is 2. The maximum Gasteiger partial charge on any atom is 0.187 e. The molecule has 0 saturated carbocycles. The lowest BCUT2D eigenvalue weighted by atomic mass is 10.1. The Balaban J connectivity index is 1.80. The molecule has 3 heterocycles. The Kier molecular flexibility index (Phi) is 5.31. The van der Waals surface area contributed by atoms with Gasteiger partial charge in [-0.25, -0.2) is 4.85 Å². The molecule has 4 rings (SSSR count). The van der Waals surface area contributed by atoms with E-state index in [1.807, 2.05) is 34.6 Å². The third-order valence-corrected chi connectivity index (χ3v) is 5.66. The molecule has 0 aliphatic carbocycles. The van der Waals surface area contributed by atoms with Crippen LogP contribution in [0.1, 0.15) is 28.9 Å². The van der Waals surface area contributed by atoms with Gasteiger partial charge in [-0.05, 0) is 54.0 Å². The van der Waals surface area contributed by atoms with Gasteiger partial charge in [-0.2, -0.15) is 0 Å². The van der Waals surface area contributed by atoms with Gasteiger partial charge >= 0.3 is 0 Å². The molecule has 0 N–H and O–H groups in total. The first-order chi connectivity index (χ1) is 14.0. The third-order valence-electron chi connectivity index (χ3n) is 5.22. The minimum Gasteiger partial charge on any atom is -0.312 e. The highest BCUT2D eigenvalue weighted by Gasteiger charge is 2.25. The van der Waals surface area contributed by atoms with Crippen molar-refractivity contribution in [2.45, 2.75) is 19.8 Å². The van der Waals surface area contributed by atoms with Gasteiger partial charge in [-0.15, -0.1) is 0 Å². The zero-order chi connectivity index (χ0) is 20.5. The monoisotopic (exact) mass is 450 g/mol. The van der Waals surface area contributed by atoms with Crippen molar-refractivity contribution in [3.63, 3.8) is 0 Å². The van der Waals surface area contributed by atoms with Crippen molar-refractivity contribution < 1.29 is 9.59 Å². The van der Waals surface area contributed by atoms with Gasteiger partial charge in [0.25, 0.3) is 0 Å². The highest BCUT2D eigenvalue weighted by molar-refractivity contribution is 9.10. The molecule has 0 bridgehead atoms. The standard InChI is InChI=1S/C22H19BrN4O2/c1-14-21(20(29)13-26-9-3-4-18(28)12-26)22-19(10-15(23)11-25-22)27(14)17-7-5-16(24-2)6-8-17/h5-8,10-11H,3-4,9,12-13H2,1H3. The van der Waals surface area contributed by atoms with Crippen LogP contribution in [0.15, 0.2) is 41.0 Å². The quantitative estimate of drug-likeness (QED) is 0.433. The van der Waals surface area contributed by atoms with Gasteiger partial charge in [-0.3, -0.25) is 19.5 Å². The van der Waals surface area contributed by atoms with E-state index in [-0.39, 0.29) is 18.1 Å². The summed E-state index contributed by atoms with van der Waals surface area (Å²) in [6.45, 7) is 10.4. The largest absolute Gasteiger partial charge is 0.312 e. The zero-order valence-corrected chi connectivity index (χ0v) is 17.6. The highest BCUT2D eigenvalue weighted by Crippen LogP contribution is 2.31. The van der Waals surface area contributed by atoms with Crippen molar-refractivity contribution >= 4 is 44.2 Å². The number of piperidine rings is 1. The van der Waals surface area contributed by atoms with Crippen molar-refractivity contribution in [2.75, 3.05) is 19.6 Å². The molecule has 146 valence electrons. The summed E-state index contributed by atoms with van der Waals surface area (Å²) in [5.41, 5.74) is 4.29. The van der Waals surface area contributed by atoms with Crippen LogP contribution in [0.5, 0.6) is 0 Å². The van der Waals surface area contributed by atoms with Crippen LogP contribution < -0.4 is 0 Å². The van der Waals surface area contributed by atoms with E-state index in [1.54, 1.807) is 18.3 Å². The van der Waals surface area contributed by atoms with E-state index >= 15 is 0 Å². The molecule has 1 fully saturated rings. The van der Waals surface area contributed by atoms with Crippen LogP contribution in [-0.4, -0.2) is 45.7 Å². The van der Waals surface area contributed by atoms with Crippen molar-refractivity contribution in [2.24, 2.45) is 0 Å². The lowest BCUT2D eigenvalue weighted by Gasteiger charge is -2.24. The average Bonchev–Trinajstić information content (AvgIpc) is 2.99. The molecule has 3 aromatic rings. The number of benzene rings is 1. The first-order valence-corrected chi connectivity index (χ1v) is 10.2. The summed E-state index contributed by atoms with van der Waals surface area (Å²) < 4.78 is 2.82. The SMILES string of the molecule is [C-]#[N+]c1ccc(-n2c(C)c(C(=O)CN3CCCC(=O)C3)c3ncc(Br)cc32)cc1. The van der Waals surface area contributed by atoms with Crippen LogP contribution >= 0.6 is 15.9 Å². The Bertz CT molecular complexity index is 1160. The normalized spacial score (nSPS) is 14.9. The second kappa shape index (κ2) is 7.90. The number of ketones is 2. The Morgan fingerprint density at radius 2 is 2.07 bits per heavy atom. The van der Waals surface area contributed by atoms with E-state index < -0.39 is 0 Å². The molecule has 6 nitrogen and oxygen atoms in total. The number of Topliss-reactive ketones (excluding diaryl/α,β-unsaturated/α-hetero) is 2. The zero-order valence-electron chi connectivity index (χ0n) is 16.0. The van der Waals surface area contributed by atoms with Crippen LogP contribution in [0.3, 0.4) is 0 Å². The molecular weight excluding hydrogens is 432 g/mol. The maximum atomic E-state index is 13.2. The Labute approximate surface area is 177 Å². The number of hydrogen-bond donors (Lipinski definition) is 0. The van der Waals surface area contributed by atoms with Gasteiger partial charge in [-0.1, -0.05) is 12.1 Å². The second-order valence-electron chi connectivity index (χ2n) is 7.22. The Morgan fingerprint density at radius 3 is 2.76 bits per heavy atom. The summed E-state index contributed by atoms with van der Waals surface area (Å²) in [6, 6.07) is 9.22. The summed E-state index contributed by atoms with van der Waals surface area (Å²) in [6.07, 6.45) is 3.08. The molecule has 0 amide bonds. The summed E-state index contributed by atoms with van der Waals surface area (Å²) in [4.78, 5) is 34.9.